The molecular weight excluding hydrogens is 328 g/mol. The molecule has 0 spiro atoms. The van der Waals surface area contributed by atoms with Crippen LogP contribution in [0.25, 0.3) is 10.9 Å². The summed E-state index contributed by atoms with van der Waals surface area (Å²) in [7, 11) is 3.14. The number of piperidine rings is 1. The van der Waals surface area contributed by atoms with Crippen molar-refractivity contribution < 1.29 is 26.7 Å². The third-order valence-corrected chi connectivity index (χ3v) is 5.10. The monoisotopic (exact) mass is 348 g/mol. The quantitative estimate of drug-likeness (QED) is 0.594. The lowest BCUT2D eigenvalue weighted by molar-refractivity contribution is -0.140. The van der Waals surface area contributed by atoms with E-state index < -0.39 is 0 Å². The number of rotatable bonds is 2. The van der Waals surface area contributed by atoms with Crippen LogP contribution in [-0.4, -0.2) is 43.2 Å². The van der Waals surface area contributed by atoms with Gasteiger partial charge in [-0.1, -0.05) is 0 Å². The van der Waals surface area contributed by atoms with Crippen molar-refractivity contribution in [2.24, 2.45) is 0 Å². The number of nitrogens with zero attached hydrogens (tertiary/aromatic N) is 1. The Hall–Kier alpha value is -1.85. The Morgan fingerprint density at radius 3 is 2.92 bits per heavy atom. The highest BCUT2D eigenvalue weighted by atomic mass is 35.5. The number of esters is 1. The number of H-pyrrole nitrogens is 1. The molecule has 0 aliphatic carbocycles. The maximum atomic E-state index is 12.2. The highest BCUT2D eigenvalue weighted by molar-refractivity contribution is 5.90. The number of carbonyl (C=O) groups excluding carboxylic acids is 1. The van der Waals surface area contributed by atoms with E-state index in [0.29, 0.717) is 0 Å². The first-order chi connectivity index (χ1) is 11.2. The number of benzene rings is 1. The van der Waals surface area contributed by atoms with Crippen molar-refractivity contribution in [2.45, 2.75) is 25.3 Å². The number of ether oxygens (including phenoxy) is 2. The van der Waals surface area contributed by atoms with Gasteiger partial charge in [-0.25, -0.2) is 0 Å². The van der Waals surface area contributed by atoms with Crippen molar-refractivity contribution in [1.29, 1.82) is 0 Å². The average Bonchev–Trinajstić information content (AvgIpc) is 2.98. The second-order valence-corrected chi connectivity index (χ2v) is 6.24. The molecule has 4 rings (SSSR count). The Morgan fingerprint density at radius 1 is 1.33 bits per heavy atom. The zero-order chi connectivity index (χ0) is 16.0. The maximum absolute atomic E-state index is 12.2. The number of aromatic nitrogens is 1. The van der Waals surface area contributed by atoms with Crippen LogP contribution >= 0.6 is 0 Å². The maximum Gasteiger partial charge on any atom is 0.500 e. The number of methoxy groups -OCH3 is 2. The van der Waals surface area contributed by atoms with Crippen LogP contribution in [0.4, 0.5) is 0 Å². The van der Waals surface area contributed by atoms with Crippen LogP contribution in [0.15, 0.2) is 18.2 Å². The minimum Gasteiger partial charge on any atom is -1.00 e. The van der Waals surface area contributed by atoms with Gasteiger partial charge in [-0.15, -0.1) is 0 Å². The Morgan fingerprint density at radius 2 is 2.17 bits per heavy atom. The number of hydrogen-bond acceptors (Lipinski definition) is 4. The first kappa shape index (κ1) is 17.0. The number of hydrogen-bond donors (Lipinski definition) is 1. The van der Waals surface area contributed by atoms with E-state index in [2.05, 4.69) is 16.0 Å². The average molecular weight is 349 g/mol. The molecule has 0 amide bonds. The van der Waals surface area contributed by atoms with Crippen molar-refractivity contribution >= 4 is 16.9 Å². The molecule has 1 N–H and O–H groups in total. The fourth-order valence-electron chi connectivity index (χ4n) is 4.04. The van der Waals surface area contributed by atoms with Gasteiger partial charge in [0.05, 0.1) is 19.9 Å². The molecule has 2 aliphatic rings. The van der Waals surface area contributed by atoms with Crippen molar-refractivity contribution in [3.05, 3.63) is 35.4 Å². The van der Waals surface area contributed by atoms with Crippen LogP contribution in [-0.2, 0) is 16.0 Å². The summed E-state index contributed by atoms with van der Waals surface area (Å²) in [5.41, 5.74) is 3.55. The summed E-state index contributed by atoms with van der Waals surface area (Å²) < 4.78 is 10.4. The van der Waals surface area contributed by atoms with Gasteiger partial charge in [0.15, 0.2) is 0 Å². The van der Waals surface area contributed by atoms with Crippen LogP contribution in [0.1, 0.15) is 30.1 Å². The third kappa shape index (κ3) is 2.52. The molecule has 1 aromatic heterocycles. The van der Waals surface area contributed by atoms with Crippen LogP contribution in [0.5, 0.6) is 5.75 Å². The van der Waals surface area contributed by atoms with Gasteiger partial charge < -0.3 is 26.9 Å². The van der Waals surface area contributed by atoms with E-state index >= 15 is 0 Å². The van der Waals surface area contributed by atoms with Crippen molar-refractivity contribution in [3.8, 4) is 5.75 Å². The number of halogens is 1. The summed E-state index contributed by atoms with van der Waals surface area (Å²) in [6.45, 7) is 2.01. The summed E-state index contributed by atoms with van der Waals surface area (Å²) in [5.74, 6) is 1.54. The van der Waals surface area contributed by atoms with E-state index in [1.54, 1.807) is 7.11 Å². The largest absolute Gasteiger partial charge is 1.00 e. The van der Waals surface area contributed by atoms with Gasteiger partial charge in [0.2, 0.25) is 12.0 Å². The summed E-state index contributed by atoms with van der Waals surface area (Å²) in [6, 6.07) is 6.16. The fourth-order valence-corrected chi connectivity index (χ4v) is 4.04. The van der Waals surface area contributed by atoms with Crippen molar-refractivity contribution in [2.75, 3.05) is 27.3 Å². The first-order valence-electron chi connectivity index (χ1n) is 8.09. The predicted octanol–water partition coefficient (Wildman–Crippen LogP) is -0.379. The van der Waals surface area contributed by atoms with Gasteiger partial charge >= 0.3 is 5.97 Å². The van der Waals surface area contributed by atoms with E-state index in [9.17, 15) is 4.79 Å². The molecule has 0 radical (unpaired) electrons. The molecule has 1 unspecified atom stereocenters. The summed E-state index contributed by atoms with van der Waals surface area (Å²) in [5, 5.41) is 1.23. The van der Waals surface area contributed by atoms with Gasteiger partial charge in [-0.2, -0.15) is 4.79 Å². The number of aromatic amines is 1. The number of fused-ring (bicyclic) bond motifs is 5. The van der Waals surface area contributed by atoms with Crippen LogP contribution in [0, 0.1) is 5.92 Å². The molecule has 1 atom stereocenters. The zero-order valence-corrected chi connectivity index (χ0v) is 14.7. The Labute approximate surface area is 147 Å². The van der Waals surface area contributed by atoms with Gasteiger partial charge in [0.1, 0.15) is 12.2 Å². The molecule has 1 fully saturated rings. The molecule has 24 heavy (non-hydrogen) atoms. The third-order valence-electron chi connectivity index (χ3n) is 5.10. The molecule has 5 nitrogen and oxygen atoms in total. The van der Waals surface area contributed by atoms with Gasteiger partial charge in [0.25, 0.3) is 0 Å². The molecule has 3 heterocycles. The second kappa shape index (κ2) is 6.57. The predicted molar refractivity (Wildman–Crippen MR) is 87.4 cm³/mol. The highest BCUT2D eigenvalue weighted by Gasteiger charge is 2.51. The standard InChI is InChI=1S/C18H21N2O3.ClH/c1-22-11-5-6-12-13-7-9-20-8-3-4-14(18(21)23-2)17(20)16(13)19-15(12)10-11;/h5-6,10,17,19H,3-4,7-9H2,1-2H3;1H/q+1;/p-1. The van der Waals surface area contributed by atoms with E-state index in [-0.39, 0.29) is 24.4 Å². The molecule has 0 bridgehead atoms. The van der Waals surface area contributed by atoms with Crippen LogP contribution < -0.4 is 17.1 Å². The van der Waals surface area contributed by atoms with Crippen LogP contribution in [0.3, 0.4) is 0 Å². The van der Waals surface area contributed by atoms with Gasteiger partial charge in [-0.05, 0) is 24.1 Å². The van der Waals surface area contributed by atoms with Gasteiger partial charge in [0, 0.05) is 36.5 Å². The summed E-state index contributed by atoms with van der Waals surface area (Å²) >= 11 is 0. The molecule has 1 aromatic carbocycles. The van der Waals surface area contributed by atoms with Crippen LogP contribution in [0.2, 0.25) is 0 Å². The molecule has 2 aromatic rings. The normalized spacial score (nSPS) is 20.1. The highest BCUT2D eigenvalue weighted by Crippen LogP contribution is 2.44. The zero-order valence-electron chi connectivity index (χ0n) is 13.9. The Bertz CT molecular complexity index is 758. The fraction of sp³-hybridized carbons (Fsp3) is 0.444. The lowest BCUT2D eigenvalue weighted by atomic mass is 9.82. The molecular formula is C18H21ClN2O3. The van der Waals surface area contributed by atoms with Crippen molar-refractivity contribution in [1.82, 2.24) is 9.88 Å². The van der Waals surface area contributed by atoms with E-state index in [1.807, 2.05) is 12.1 Å². The number of nitrogens with one attached hydrogen (secondary N) is 1. The molecule has 2 aliphatic heterocycles. The Balaban J connectivity index is 0.00000169. The van der Waals surface area contributed by atoms with Crippen molar-refractivity contribution in [3.63, 3.8) is 0 Å². The second-order valence-electron chi connectivity index (χ2n) is 6.24. The van der Waals surface area contributed by atoms with E-state index in [0.717, 1.165) is 55.2 Å². The van der Waals surface area contributed by atoms with E-state index in [1.165, 1.54) is 18.1 Å². The first-order valence-corrected chi connectivity index (χ1v) is 8.09. The molecule has 1 saturated heterocycles. The molecule has 128 valence electrons. The SMILES string of the molecule is COC(=O)[C+]1CCCN2CCc3c([nH]c4cc(OC)ccc34)C12.[Cl-]. The summed E-state index contributed by atoms with van der Waals surface area (Å²) in [4.78, 5) is 18.2. The number of carbonyl (C=O) groups is 1. The topological polar surface area (TPSA) is 54.6 Å². The molecule has 0 saturated carbocycles. The summed E-state index contributed by atoms with van der Waals surface area (Å²) in [6.07, 6.45) is 2.84. The van der Waals surface area contributed by atoms with E-state index in [4.69, 9.17) is 9.47 Å². The minimum absolute atomic E-state index is 0. The Kier molecular flexibility index (Phi) is 4.65. The molecule has 6 heteroatoms. The lowest BCUT2D eigenvalue weighted by Gasteiger charge is -2.35. The minimum atomic E-state index is -0.177. The lowest BCUT2D eigenvalue weighted by Crippen LogP contribution is -3.00. The van der Waals surface area contributed by atoms with Gasteiger partial charge in [-0.3, -0.25) is 4.90 Å². The smallest absolute Gasteiger partial charge is 0.500 e.